The molecule has 2 aromatic heterocycles. The minimum atomic E-state index is -0.410. The predicted molar refractivity (Wildman–Crippen MR) is 93.2 cm³/mol. The number of thiazole rings is 1. The van der Waals surface area contributed by atoms with Crippen molar-refractivity contribution in [2.24, 2.45) is 10.1 Å². The normalized spacial score (nSPS) is 12.1. The van der Waals surface area contributed by atoms with Gasteiger partial charge in [0.2, 0.25) is 4.80 Å². The standard InChI is InChI=1S/C15H12N4O2S2/c1-16-15-18(17-9-13-3-2-8-22-13)14(10-23-15)11-4-6-12(7-5-11)19(20)21/h2-10H,1H3. The minimum Gasteiger partial charge on any atom is -0.261 e. The van der Waals surface area contributed by atoms with E-state index in [1.165, 1.54) is 23.5 Å². The fourth-order valence-electron chi connectivity index (χ4n) is 1.99. The molecule has 0 N–H and O–H groups in total. The molecule has 0 atom stereocenters. The molecule has 116 valence electrons. The summed E-state index contributed by atoms with van der Waals surface area (Å²) in [5.74, 6) is 0. The van der Waals surface area contributed by atoms with Crippen LogP contribution in [0, 0.1) is 10.1 Å². The zero-order valence-electron chi connectivity index (χ0n) is 12.1. The molecule has 0 amide bonds. The van der Waals surface area contributed by atoms with Gasteiger partial charge in [0.05, 0.1) is 16.8 Å². The summed E-state index contributed by atoms with van der Waals surface area (Å²) in [6.45, 7) is 0. The number of thiophene rings is 1. The number of benzene rings is 1. The maximum atomic E-state index is 10.8. The van der Waals surface area contributed by atoms with Crippen LogP contribution >= 0.6 is 22.7 Å². The largest absolute Gasteiger partial charge is 0.269 e. The Hall–Kier alpha value is -2.58. The summed E-state index contributed by atoms with van der Waals surface area (Å²) in [7, 11) is 1.71. The summed E-state index contributed by atoms with van der Waals surface area (Å²) in [6, 6.07) is 10.4. The second-order valence-corrected chi connectivity index (χ2v) is 6.32. The van der Waals surface area contributed by atoms with Gasteiger partial charge in [-0.15, -0.1) is 22.7 Å². The van der Waals surface area contributed by atoms with Crippen molar-refractivity contribution in [3.63, 3.8) is 0 Å². The second-order valence-electron chi connectivity index (χ2n) is 4.50. The topological polar surface area (TPSA) is 72.8 Å². The molecular weight excluding hydrogens is 332 g/mol. The van der Waals surface area contributed by atoms with Crippen molar-refractivity contribution < 1.29 is 4.92 Å². The lowest BCUT2D eigenvalue weighted by atomic mass is 10.1. The Bertz CT molecular complexity index is 906. The van der Waals surface area contributed by atoms with Gasteiger partial charge in [-0.2, -0.15) is 5.10 Å². The van der Waals surface area contributed by atoms with Gasteiger partial charge in [0, 0.05) is 35.0 Å². The van der Waals surface area contributed by atoms with Gasteiger partial charge >= 0.3 is 0 Å². The zero-order valence-corrected chi connectivity index (χ0v) is 13.8. The minimum absolute atomic E-state index is 0.0676. The first-order chi connectivity index (χ1) is 11.2. The van der Waals surface area contributed by atoms with Crippen molar-refractivity contribution >= 4 is 34.6 Å². The molecule has 6 nitrogen and oxygen atoms in total. The van der Waals surface area contributed by atoms with Gasteiger partial charge in [0.15, 0.2) is 0 Å². The van der Waals surface area contributed by atoms with Gasteiger partial charge in [-0.25, -0.2) is 4.68 Å². The van der Waals surface area contributed by atoms with E-state index in [2.05, 4.69) is 10.1 Å². The van der Waals surface area contributed by atoms with Gasteiger partial charge in [-0.3, -0.25) is 15.1 Å². The summed E-state index contributed by atoms with van der Waals surface area (Å²) in [5, 5.41) is 19.2. The van der Waals surface area contributed by atoms with E-state index in [4.69, 9.17) is 0 Å². The van der Waals surface area contributed by atoms with E-state index in [1.54, 1.807) is 41.4 Å². The molecule has 1 aromatic carbocycles. The molecule has 0 aliphatic carbocycles. The van der Waals surface area contributed by atoms with E-state index >= 15 is 0 Å². The fourth-order valence-corrected chi connectivity index (χ4v) is 3.38. The zero-order chi connectivity index (χ0) is 16.2. The Labute approximate surface area is 139 Å². The molecule has 2 heterocycles. The first kappa shape index (κ1) is 15.3. The third kappa shape index (κ3) is 3.27. The number of hydrogen-bond acceptors (Lipinski definition) is 6. The van der Waals surface area contributed by atoms with Crippen LogP contribution in [-0.4, -0.2) is 22.9 Å². The summed E-state index contributed by atoms with van der Waals surface area (Å²) in [6.07, 6.45) is 1.78. The molecule has 3 rings (SSSR count). The molecule has 0 bridgehead atoms. The molecule has 0 aliphatic rings. The molecule has 0 unspecified atom stereocenters. The van der Waals surface area contributed by atoms with E-state index in [1.807, 2.05) is 22.9 Å². The van der Waals surface area contributed by atoms with Crippen LogP contribution in [0.2, 0.25) is 0 Å². The molecule has 0 saturated heterocycles. The highest BCUT2D eigenvalue weighted by Crippen LogP contribution is 2.23. The molecule has 8 heteroatoms. The summed E-state index contributed by atoms with van der Waals surface area (Å²) >= 11 is 3.07. The maximum absolute atomic E-state index is 10.8. The quantitative estimate of drug-likeness (QED) is 0.412. The van der Waals surface area contributed by atoms with Crippen LogP contribution in [0.4, 0.5) is 5.69 Å². The first-order valence-corrected chi connectivity index (χ1v) is 8.41. The van der Waals surface area contributed by atoms with Crippen molar-refractivity contribution in [3.05, 3.63) is 67.0 Å². The molecule has 0 radical (unpaired) electrons. The average Bonchev–Trinajstić information content (AvgIpc) is 3.22. The molecular formula is C15H12N4O2S2. The van der Waals surface area contributed by atoms with Gasteiger partial charge in [0.25, 0.3) is 5.69 Å². The molecule has 0 spiro atoms. The smallest absolute Gasteiger partial charge is 0.261 e. The Morgan fingerprint density at radius 3 is 2.61 bits per heavy atom. The number of nitrogens with zero attached hydrogens (tertiary/aromatic N) is 4. The van der Waals surface area contributed by atoms with Crippen molar-refractivity contribution in [2.45, 2.75) is 0 Å². The lowest BCUT2D eigenvalue weighted by molar-refractivity contribution is -0.384. The number of nitro benzene ring substituents is 1. The van der Waals surface area contributed by atoms with Crippen LogP contribution in [0.3, 0.4) is 0 Å². The third-order valence-electron chi connectivity index (χ3n) is 3.09. The van der Waals surface area contributed by atoms with Crippen LogP contribution in [0.1, 0.15) is 4.88 Å². The van der Waals surface area contributed by atoms with E-state index in [0.717, 1.165) is 20.9 Å². The Morgan fingerprint density at radius 2 is 2.00 bits per heavy atom. The number of non-ortho nitro benzene ring substituents is 1. The average molecular weight is 344 g/mol. The van der Waals surface area contributed by atoms with Crippen molar-refractivity contribution in [3.8, 4) is 11.3 Å². The monoisotopic (exact) mass is 344 g/mol. The van der Waals surface area contributed by atoms with E-state index in [9.17, 15) is 10.1 Å². The molecule has 0 aliphatic heterocycles. The number of nitro groups is 1. The highest BCUT2D eigenvalue weighted by Gasteiger charge is 2.10. The number of hydrogen-bond donors (Lipinski definition) is 0. The molecule has 0 fully saturated rings. The molecule has 3 aromatic rings. The lowest BCUT2D eigenvalue weighted by Gasteiger charge is -2.03. The highest BCUT2D eigenvalue weighted by molar-refractivity contribution is 7.11. The Balaban J connectivity index is 2.03. The van der Waals surface area contributed by atoms with Crippen LogP contribution < -0.4 is 4.80 Å². The van der Waals surface area contributed by atoms with Gasteiger partial charge in [0.1, 0.15) is 0 Å². The van der Waals surface area contributed by atoms with E-state index in [0.29, 0.717) is 0 Å². The van der Waals surface area contributed by atoms with Gasteiger partial charge in [-0.05, 0) is 23.6 Å². The van der Waals surface area contributed by atoms with E-state index < -0.39 is 4.92 Å². The summed E-state index contributed by atoms with van der Waals surface area (Å²) in [4.78, 5) is 16.4. The molecule has 23 heavy (non-hydrogen) atoms. The SMILES string of the molecule is CN=c1scc(-c2ccc([N+](=O)[O-])cc2)n1N=Cc1cccs1. The van der Waals surface area contributed by atoms with Crippen LogP contribution in [0.15, 0.2) is 57.3 Å². The van der Waals surface area contributed by atoms with Crippen LogP contribution in [0.5, 0.6) is 0 Å². The van der Waals surface area contributed by atoms with Gasteiger partial charge < -0.3 is 0 Å². The molecule has 0 saturated carbocycles. The fraction of sp³-hybridized carbons (Fsp3) is 0.0667. The van der Waals surface area contributed by atoms with E-state index in [-0.39, 0.29) is 5.69 Å². The van der Waals surface area contributed by atoms with Crippen molar-refractivity contribution in [1.29, 1.82) is 0 Å². The first-order valence-electron chi connectivity index (χ1n) is 6.65. The van der Waals surface area contributed by atoms with Gasteiger partial charge in [-0.1, -0.05) is 6.07 Å². The summed E-state index contributed by atoms with van der Waals surface area (Å²) < 4.78 is 1.74. The lowest BCUT2D eigenvalue weighted by Crippen LogP contribution is -2.11. The van der Waals surface area contributed by atoms with Crippen molar-refractivity contribution in [2.75, 3.05) is 7.05 Å². The second kappa shape index (κ2) is 6.67. The maximum Gasteiger partial charge on any atom is 0.269 e. The third-order valence-corrected chi connectivity index (χ3v) is 4.81. The van der Waals surface area contributed by atoms with Crippen LogP contribution in [-0.2, 0) is 0 Å². The number of rotatable bonds is 4. The summed E-state index contributed by atoms with van der Waals surface area (Å²) in [5.41, 5.74) is 1.77. The van der Waals surface area contributed by atoms with Crippen LogP contribution in [0.25, 0.3) is 11.3 Å². The Kier molecular flexibility index (Phi) is 4.45. The van der Waals surface area contributed by atoms with Crippen molar-refractivity contribution in [1.82, 2.24) is 4.68 Å². The predicted octanol–water partition coefficient (Wildman–Crippen LogP) is 3.60. The number of aromatic nitrogens is 1. The Morgan fingerprint density at radius 1 is 1.22 bits per heavy atom. The highest BCUT2D eigenvalue weighted by atomic mass is 32.1.